The van der Waals surface area contributed by atoms with Crippen LogP contribution in [0.3, 0.4) is 0 Å². The molecule has 0 radical (unpaired) electrons. The minimum Gasteiger partial charge on any atom is -0.478 e. The van der Waals surface area contributed by atoms with Gasteiger partial charge in [-0.25, -0.2) is 4.79 Å². The Morgan fingerprint density at radius 1 is 1.13 bits per heavy atom. The molecule has 2 aromatic carbocycles. The molecular formula is C13H12O2. The van der Waals surface area contributed by atoms with Crippen molar-refractivity contribution < 1.29 is 9.90 Å². The van der Waals surface area contributed by atoms with Gasteiger partial charge in [-0.15, -0.1) is 0 Å². The first-order valence-corrected chi connectivity index (χ1v) is 4.98. The summed E-state index contributed by atoms with van der Waals surface area (Å²) in [5, 5.41) is 10.9. The molecule has 2 rings (SSSR count). The fraction of sp³-hybridized carbons (Fsp3) is 0.154. The van der Waals surface area contributed by atoms with Crippen molar-refractivity contribution in [3.8, 4) is 0 Å². The highest BCUT2D eigenvalue weighted by molar-refractivity contribution is 6.04. The minimum atomic E-state index is -0.867. The molecule has 0 heterocycles. The minimum absolute atomic E-state index is 0.378. The lowest BCUT2D eigenvalue weighted by molar-refractivity contribution is 0.0699. The van der Waals surface area contributed by atoms with Crippen LogP contribution in [0.15, 0.2) is 36.4 Å². The van der Waals surface area contributed by atoms with E-state index in [9.17, 15) is 4.79 Å². The van der Waals surface area contributed by atoms with E-state index >= 15 is 0 Å². The number of fused-ring (bicyclic) bond motifs is 1. The normalized spacial score (nSPS) is 10.5. The van der Waals surface area contributed by atoms with Gasteiger partial charge < -0.3 is 5.11 Å². The molecule has 0 amide bonds. The molecule has 0 fully saturated rings. The van der Waals surface area contributed by atoms with Crippen molar-refractivity contribution in [3.05, 3.63) is 47.5 Å². The lowest BCUT2D eigenvalue weighted by Gasteiger charge is -2.06. The zero-order valence-corrected chi connectivity index (χ0v) is 8.53. The van der Waals surface area contributed by atoms with E-state index in [0.29, 0.717) is 5.56 Å². The van der Waals surface area contributed by atoms with Crippen LogP contribution in [0, 0.1) is 0 Å². The molecule has 0 unspecified atom stereocenters. The molecular weight excluding hydrogens is 188 g/mol. The highest BCUT2D eigenvalue weighted by Crippen LogP contribution is 2.22. The molecule has 0 aliphatic rings. The van der Waals surface area contributed by atoms with Crippen LogP contribution in [0.25, 0.3) is 10.8 Å². The van der Waals surface area contributed by atoms with Gasteiger partial charge in [0.2, 0.25) is 0 Å². The van der Waals surface area contributed by atoms with E-state index in [1.54, 1.807) is 12.1 Å². The van der Waals surface area contributed by atoms with Crippen LogP contribution in [0.4, 0.5) is 0 Å². The Bertz CT molecular complexity index is 515. The van der Waals surface area contributed by atoms with Crippen LogP contribution < -0.4 is 0 Å². The van der Waals surface area contributed by atoms with Crippen molar-refractivity contribution in [2.24, 2.45) is 0 Å². The lowest BCUT2D eigenvalue weighted by atomic mass is 9.99. The average molecular weight is 200 g/mol. The highest BCUT2D eigenvalue weighted by atomic mass is 16.4. The van der Waals surface area contributed by atoms with Crippen molar-refractivity contribution in [3.63, 3.8) is 0 Å². The number of aryl methyl sites for hydroxylation is 1. The topological polar surface area (TPSA) is 37.3 Å². The van der Waals surface area contributed by atoms with Crippen LogP contribution >= 0.6 is 0 Å². The molecule has 2 aromatic rings. The molecule has 0 spiro atoms. The maximum absolute atomic E-state index is 11.0. The largest absolute Gasteiger partial charge is 0.478 e. The standard InChI is InChI=1S/C13H12O2/c1-2-9-5-3-7-11-10(9)6-4-8-12(11)13(14)15/h3-8H,2H2,1H3,(H,14,15). The van der Waals surface area contributed by atoms with E-state index in [1.807, 2.05) is 24.3 Å². The summed E-state index contributed by atoms with van der Waals surface area (Å²) in [5.41, 5.74) is 1.57. The second-order valence-corrected chi connectivity index (χ2v) is 3.48. The van der Waals surface area contributed by atoms with Crippen LogP contribution in [0.1, 0.15) is 22.8 Å². The van der Waals surface area contributed by atoms with E-state index in [-0.39, 0.29) is 0 Å². The predicted octanol–water partition coefficient (Wildman–Crippen LogP) is 3.10. The third-order valence-electron chi connectivity index (χ3n) is 2.62. The first-order valence-electron chi connectivity index (χ1n) is 4.98. The zero-order valence-electron chi connectivity index (χ0n) is 8.53. The number of benzene rings is 2. The van der Waals surface area contributed by atoms with Gasteiger partial charge >= 0.3 is 5.97 Å². The summed E-state index contributed by atoms with van der Waals surface area (Å²) in [4.78, 5) is 11.0. The first-order chi connectivity index (χ1) is 7.24. The first kappa shape index (κ1) is 9.71. The molecule has 0 bridgehead atoms. The summed E-state index contributed by atoms with van der Waals surface area (Å²) in [5.74, 6) is -0.867. The SMILES string of the molecule is CCc1cccc2c(C(=O)O)cccc12. The van der Waals surface area contributed by atoms with Gasteiger partial charge in [-0.2, -0.15) is 0 Å². The smallest absolute Gasteiger partial charge is 0.336 e. The van der Waals surface area contributed by atoms with Gasteiger partial charge in [-0.3, -0.25) is 0 Å². The second-order valence-electron chi connectivity index (χ2n) is 3.48. The lowest BCUT2D eigenvalue weighted by Crippen LogP contribution is -1.97. The number of rotatable bonds is 2. The fourth-order valence-electron chi connectivity index (χ4n) is 1.87. The molecule has 0 saturated heterocycles. The third-order valence-corrected chi connectivity index (χ3v) is 2.62. The summed E-state index contributed by atoms with van der Waals surface area (Å²) in [6.45, 7) is 2.07. The summed E-state index contributed by atoms with van der Waals surface area (Å²) in [7, 11) is 0. The quantitative estimate of drug-likeness (QED) is 0.808. The van der Waals surface area contributed by atoms with E-state index in [1.165, 1.54) is 5.56 Å². The number of carbonyl (C=O) groups is 1. The van der Waals surface area contributed by atoms with Gasteiger partial charge in [0, 0.05) is 0 Å². The third kappa shape index (κ3) is 1.59. The van der Waals surface area contributed by atoms with Crippen LogP contribution in [-0.4, -0.2) is 11.1 Å². The molecule has 15 heavy (non-hydrogen) atoms. The van der Waals surface area contributed by atoms with Crippen molar-refractivity contribution >= 4 is 16.7 Å². The Labute approximate surface area is 88.2 Å². The summed E-state index contributed by atoms with van der Waals surface area (Å²) in [6.07, 6.45) is 0.917. The van der Waals surface area contributed by atoms with E-state index in [4.69, 9.17) is 5.11 Å². The number of hydrogen-bond donors (Lipinski definition) is 1. The fourth-order valence-corrected chi connectivity index (χ4v) is 1.87. The molecule has 76 valence electrons. The molecule has 0 saturated carbocycles. The Morgan fingerprint density at radius 3 is 2.47 bits per heavy atom. The van der Waals surface area contributed by atoms with Crippen LogP contribution in [-0.2, 0) is 6.42 Å². The van der Waals surface area contributed by atoms with Crippen molar-refractivity contribution in [2.75, 3.05) is 0 Å². The van der Waals surface area contributed by atoms with E-state index in [2.05, 4.69) is 6.92 Å². The van der Waals surface area contributed by atoms with Gasteiger partial charge in [0.05, 0.1) is 5.56 Å². The van der Waals surface area contributed by atoms with Gasteiger partial charge in [-0.1, -0.05) is 37.3 Å². The van der Waals surface area contributed by atoms with Crippen LogP contribution in [0.2, 0.25) is 0 Å². The molecule has 0 atom stereocenters. The monoisotopic (exact) mass is 200 g/mol. The number of aromatic carboxylic acids is 1. The molecule has 0 aromatic heterocycles. The van der Waals surface area contributed by atoms with Crippen molar-refractivity contribution in [2.45, 2.75) is 13.3 Å². The van der Waals surface area contributed by atoms with Gasteiger partial charge in [-0.05, 0) is 28.8 Å². The van der Waals surface area contributed by atoms with Crippen molar-refractivity contribution in [1.82, 2.24) is 0 Å². The van der Waals surface area contributed by atoms with E-state index < -0.39 is 5.97 Å². The molecule has 2 heteroatoms. The number of carboxylic acid groups (broad SMARTS) is 1. The maximum Gasteiger partial charge on any atom is 0.336 e. The second kappa shape index (κ2) is 3.73. The predicted molar refractivity (Wildman–Crippen MR) is 60.3 cm³/mol. The van der Waals surface area contributed by atoms with Gasteiger partial charge in [0.1, 0.15) is 0 Å². The summed E-state index contributed by atoms with van der Waals surface area (Å²) in [6, 6.07) is 11.2. The molecule has 0 aliphatic heterocycles. The summed E-state index contributed by atoms with van der Waals surface area (Å²) >= 11 is 0. The van der Waals surface area contributed by atoms with Gasteiger partial charge in [0.25, 0.3) is 0 Å². The molecule has 1 N–H and O–H groups in total. The zero-order chi connectivity index (χ0) is 10.8. The highest BCUT2D eigenvalue weighted by Gasteiger charge is 2.08. The van der Waals surface area contributed by atoms with E-state index in [0.717, 1.165) is 17.2 Å². The van der Waals surface area contributed by atoms with Crippen molar-refractivity contribution in [1.29, 1.82) is 0 Å². The number of hydrogen-bond acceptors (Lipinski definition) is 1. The number of carboxylic acids is 1. The molecule has 2 nitrogen and oxygen atoms in total. The Morgan fingerprint density at radius 2 is 1.80 bits per heavy atom. The average Bonchev–Trinajstić information content (AvgIpc) is 2.27. The Kier molecular flexibility index (Phi) is 2.42. The maximum atomic E-state index is 11.0. The van der Waals surface area contributed by atoms with Crippen LogP contribution in [0.5, 0.6) is 0 Å². The summed E-state index contributed by atoms with van der Waals surface area (Å²) < 4.78 is 0. The Balaban J connectivity index is 2.82. The molecule has 0 aliphatic carbocycles. The van der Waals surface area contributed by atoms with Gasteiger partial charge in [0.15, 0.2) is 0 Å². The Hall–Kier alpha value is -1.83.